The first-order valence-electron chi connectivity index (χ1n) is 7.37. The summed E-state index contributed by atoms with van der Waals surface area (Å²) in [6, 6.07) is 12.4. The molecule has 0 amide bonds. The van der Waals surface area contributed by atoms with Crippen molar-refractivity contribution in [3.05, 3.63) is 47.3 Å². The Hall–Kier alpha value is -2.25. The molecule has 3 heterocycles. The van der Waals surface area contributed by atoms with Crippen LogP contribution in [0.1, 0.15) is 29.8 Å². The monoisotopic (exact) mass is 279 g/mol. The van der Waals surface area contributed by atoms with Crippen LogP contribution < -0.4 is 10.1 Å². The fourth-order valence-electron chi connectivity index (χ4n) is 3.48. The maximum atomic E-state index is 9.43. The van der Waals surface area contributed by atoms with Gasteiger partial charge in [-0.15, -0.1) is 0 Å². The zero-order chi connectivity index (χ0) is 14.4. The number of aryl methyl sites for hydroxylation is 1. The van der Waals surface area contributed by atoms with Crippen LogP contribution in [0, 0.1) is 18.3 Å². The van der Waals surface area contributed by atoms with E-state index < -0.39 is 0 Å². The quantitative estimate of drug-likeness (QED) is 0.806. The number of ether oxygens (including phenoxy) is 1. The van der Waals surface area contributed by atoms with E-state index in [4.69, 9.17) is 4.74 Å². The topological polar surface area (TPSA) is 50.0 Å². The highest BCUT2D eigenvalue weighted by Crippen LogP contribution is 2.45. The van der Waals surface area contributed by atoms with Crippen molar-refractivity contribution in [2.24, 2.45) is 0 Å². The molecule has 0 unspecified atom stereocenters. The molecule has 2 aliphatic rings. The molecule has 0 atom stereocenters. The summed E-state index contributed by atoms with van der Waals surface area (Å²) >= 11 is 0. The number of piperidine rings is 1. The summed E-state index contributed by atoms with van der Waals surface area (Å²) in [5.41, 5.74) is 3.63. The van der Waals surface area contributed by atoms with Crippen LogP contribution in [-0.4, -0.2) is 17.7 Å². The number of hydrogen-bond acceptors (Lipinski definition) is 3. The van der Waals surface area contributed by atoms with Crippen LogP contribution in [0.3, 0.4) is 0 Å². The average Bonchev–Trinajstić information content (AvgIpc) is 2.93. The summed E-state index contributed by atoms with van der Waals surface area (Å²) in [6.45, 7) is 3.94. The minimum atomic E-state index is -0.304. The number of hydrogen-bond donors (Lipinski definition) is 1. The van der Waals surface area contributed by atoms with Crippen molar-refractivity contribution in [2.45, 2.75) is 25.4 Å². The normalized spacial score (nSPS) is 18.5. The number of fused-ring (bicyclic) bond motifs is 4. The van der Waals surface area contributed by atoms with Crippen molar-refractivity contribution in [3.8, 4) is 17.5 Å². The Morgan fingerprint density at radius 3 is 2.81 bits per heavy atom. The number of nitrogens with one attached hydrogen (secondary N) is 1. The molecule has 2 aromatic rings. The second-order valence-electron chi connectivity index (χ2n) is 5.87. The lowest BCUT2D eigenvalue weighted by Gasteiger charge is -2.42. The second-order valence-corrected chi connectivity index (χ2v) is 5.87. The molecule has 1 saturated heterocycles. The van der Waals surface area contributed by atoms with Crippen molar-refractivity contribution in [1.29, 1.82) is 5.26 Å². The Bertz CT molecular complexity index is 748. The lowest BCUT2D eigenvalue weighted by atomic mass is 9.87. The van der Waals surface area contributed by atoms with E-state index in [-0.39, 0.29) is 5.60 Å². The Morgan fingerprint density at radius 2 is 2.05 bits per heavy atom. The molecule has 0 saturated carbocycles. The molecule has 4 heteroatoms. The lowest BCUT2D eigenvalue weighted by Crippen LogP contribution is -2.47. The van der Waals surface area contributed by atoms with Gasteiger partial charge in [-0.3, -0.25) is 4.57 Å². The van der Waals surface area contributed by atoms with Crippen molar-refractivity contribution < 1.29 is 4.74 Å². The molecular formula is C17H17N3O. The Balaban J connectivity index is 1.98. The molecule has 1 aromatic heterocycles. The second kappa shape index (κ2) is 4.37. The molecular weight excluding hydrogens is 262 g/mol. The lowest BCUT2D eigenvalue weighted by molar-refractivity contribution is 0.0201. The van der Waals surface area contributed by atoms with Gasteiger partial charge >= 0.3 is 0 Å². The SMILES string of the molecule is Cc1ccc2c(c1)OC1(CCNCC1)c1ccc(C#N)n1-2. The van der Waals surface area contributed by atoms with Crippen molar-refractivity contribution in [1.82, 2.24) is 9.88 Å². The van der Waals surface area contributed by atoms with Crippen molar-refractivity contribution >= 4 is 0 Å². The number of benzene rings is 1. The van der Waals surface area contributed by atoms with Gasteiger partial charge in [0.25, 0.3) is 0 Å². The van der Waals surface area contributed by atoms with E-state index in [1.807, 2.05) is 18.2 Å². The molecule has 2 aliphatic heterocycles. The molecule has 1 spiro atoms. The predicted molar refractivity (Wildman–Crippen MR) is 79.6 cm³/mol. The van der Waals surface area contributed by atoms with E-state index in [0.29, 0.717) is 5.69 Å². The molecule has 21 heavy (non-hydrogen) atoms. The van der Waals surface area contributed by atoms with Gasteiger partial charge in [-0.2, -0.15) is 5.26 Å². The molecule has 0 bridgehead atoms. The van der Waals surface area contributed by atoms with Gasteiger partial charge in [0, 0.05) is 12.8 Å². The number of nitrogens with zero attached hydrogens (tertiary/aromatic N) is 2. The number of rotatable bonds is 0. The molecule has 4 nitrogen and oxygen atoms in total. The summed E-state index contributed by atoms with van der Waals surface area (Å²) in [6.07, 6.45) is 1.85. The smallest absolute Gasteiger partial charge is 0.152 e. The molecule has 4 rings (SSSR count). The summed E-state index contributed by atoms with van der Waals surface area (Å²) in [7, 11) is 0. The van der Waals surface area contributed by atoms with E-state index in [1.54, 1.807) is 0 Å². The number of nitriles is 1. The Kier molecular flexibility index (Phi) is 2.60. The van der Waals surface area contributed by atoms with Crippen LogP contribution in [0.25, 0.3) is 5.69 Å². The van der Waals surface area contributed by atoms with Gasteiger partial charge in [0.1, 0.15) is 17.5 Å². The van der Waals surface area contributed by atoms with Gasteiger partial charge in [-0.25, -0.2) is 0 Å². The first-order valence-corrected chi connectivity index (χ1v) is 7.37. The van der Waals surface area contributed by atoms with E-state index in [0.717, 1.165) is 43.1 Å². The van der Waals surface area contributed by atoms with Crippen LogP contribution >= 0.6 is 0 Å². The number of aromatic nitrogens is 1. The summed E-state index contributed by atoms with van der Waals surface area (Å²) < 4.78 is 8.53. The predicted octanol–water partition coefficient (Wildman–Crippen LogP) is 2.63. The highest BCUT2D eigenvalue weighted by atomic mass is 16.5. The third-order valence-electron chi connectivity index (χ3n) is 4.54. The zero-order valence-electron chi connectivity index (χ0n) is 12.0. The fourth-order valence-corrected chi connectivity index (χ4v) is 3.48. The molecule has 1 N–H and O–H groups in total. The molecule has 1 aromatic carbocycles. The first-order chi connectivity index (χ1) is 10.2. The van der Waals surface area contributed by atoms with E-state index in [2.05, 4.69) is 35.0 Å². The fraction of sp³-hybridized carbons (Fsp3) is 0.353. The van der Waals surface area contributed by atoms with E-state index >= 15 is 0 Å². The van der Waals surface area contributed by atoms with Gasteiger partial charge < -0.3 is 10.1 Å². The van der Waals surface area contributed by atoms with E-state index in [9.17, 15) is 5.26 Å². The summed E-state index contributed by atoms with van der Waals surface area (Å²) in [4.78, 5) is 0. The minimum absolute atomic E-state index is 0.304. The Labute approximate surface area is 124 Å². The maximum absolute atomic E-state index is 9.43. The van der Waals surface area contributed by atoms with Gasteiger partial charge in [0.2, 0.25) is 0 Å². The maximum Gasteiger partial charge on any atom is 0.152 e. The Morgan fingerprint density at radius 1 is 1.24 bits per heavy atom. The van der Waals surface area contributed by atoms with Gasteiger partial charge in [-0.1, -0.05) is 6.07 Å². The van der Waals surface area contributed by atoms with Crippen molar-refractivity contribution in [3.63, 3.8) is 0 Å². The van der Waals surface area contributed by atoms with Crippen LogP contribution in [0.15, 0.2) is 30.3 Å². The molecule has 0 aliphatic carbocycles. The minimum Gasteiger partial charge on any atom is -0.479 e. The van der Waals surface area contributed by atoms with Crippen LogP contribution in [0.4, 0.5) is 0 Å². The first kappa shape index (κ1) is 12.5. The third kappa shape index (κ3) is 1.71. The zero-order valence-corrected chi connectivity index (χ0v) is 12.0. The highest BCUT2D eigenvalue weighted by molar-refractivity contribution is 5.56. The largest absolute Gasteiger partial charge is 0.479 e. The van der Waals surface area contributed by atoms with Gasteiger partial charge in [0.15, 0.2) is 5.60 Å². The molecule has 0 radical (unpaired) electrons. The van der Waals surface area contributed by atoms with Crippen LogP contribution in [0.5, 0.6) is 5.75 Å². The third-order valence-corrected chi connectivity index (χ3v) is 4.54. The average molecular weight is 279 g/mol. The van der Waals surface area contributed by atoms with Gasteiger partial charge in [0.05, 0.1) is 11.4 Å². The molecule has 1 fully saturated rings. The van der Waals surface area contributed by atoms with E-state index in [1.165, 1.54) is 5.56 Å². The van der Waals surface area contributed by atoms with Crippen LogP contribution in [-0.2, 0) is 5.60 Å². The van der Waals surface area contributed by atoms with Gasteiger partial charge in [-0.05, 0) is 49.8 Å². The summed E-state index contributed by atoms with van der Waals surface area (Å²) in [5, 5.41) is 12.8. The standard InChI is InChI=1S/C17H17N3O/c1-12-2-4-14-15(10-12)21-17(6-8-19-9-7-17)16-5-3-13(11-18)20(14)16/h2-5,10,19H,6-9H2,1H3. The molecule has 106 valence electrons. The van der Waals surface area contributed by atoms with Crippen LogP contribution in [0.2, 0.25) is 0 Å². The van der Waals surface area contributed by atoms with Crippen molar-refractivity contribution in [2.75, 3.05) is 13.1 Å². The summed E-state index contributed by atoms with van der Waals surface area (Å²) in [5.74, 6) is 0.886. The highest BCUT2D eigenvalue weighted by Gasteiger charge is 2.43.